The van der Waals surface area contributed by atoms with E-state index in [0.717, 1.165) is 50.7 Å². The molecule has 2 fully saturated rings. The number of hydrogen-bond donors (Lipinski definition) is 2. The van der Waals surface area contributed by atoms with Crippen LogP contribution in [0.15, 0.2) is 11.0 Å². The summed E-state index contributed by atoms with van der Waals surface area (Å²) in [5.41, 5.74) is 4.74. The van der Waals surface area contributed by atoms with Crippen molar-refractivity contribution in [1.82, 2.24) is 15.1 Å². The molecule has 0 bridgehead atoms. The number of piperazine rings is 2. The van der Waals surface area contributed by atoms with Crippen LogP contribution in [0.5, 0.6) is 0 Å². The van der Waals surface area contributed by atoms with Crippen LogP contribution in [0.1, 0.15) is 37.5 Å². The zero-order chi connectivity index (χ0) is 21.2. The summed E-state index contributed by atoms with van der Waals surface area (Å²) in [5.74, 6) is 0. The minimum atomic E-state index is -0.458. The van der Waals surface area contributed by atoms with Crippen molar-refractivity contribution in [3.05, 3.63) is 22.8 Å². The van der Waals surface area contributed by atoms with Gasteiger partial charge in [0.05, 0.1) is 0 Å². The number of thiol groups is 1. The summed E-state index contributed by atoms with van der Waals surface area (Å²) in [6.45, 7) is 18.3. The fourth-order valence-electron chi connectivity index (χ4n) is 4.12. The zero-order valence-corrected chi connectivity index (χ0v) is 19.4. The summed E-state index contributed by atoms with van der Waals surface area (Å²) >= 11 is 4.78. The van der Waals surface area contributed by atoms with E-state index in [2.05, 4.69) is 35.0 Å². The Balaban J connectivity index is 1.72. The summed E-state index contributed by atoms with van der Waals surface area (Å²) < 4.78 is 5.53. The van der Waals surface area contributed by atoms with Crippen molar-refractivity contribution in [3.8, 4) is 0 Å². The van der Waals surface area contributed by atoms with E-state index in [-0.39, 0.29) is 6.09 Å². The maximum atomic E-state index is 12.4. The SMILES string of the molecule is Cc1c(S)cc(CN2CCNCC2)c(C)c1N1CCN(C(=O)OC(C)(C)C)CC1. The van der Waals surface area contributed by atoms with Gasteiger partial charge in [-0.2, -0.15) is 0 Å². The smallest absolute Gasteiger partial charge is 0.410 e. The van der Waals surface area contributed by atoms with E-state index in [1.165, 1.54) is 22.4 Å². The quantitative estimate of drug-likeness (QED) is 0.736. The lowest BCUT2D eigenvalue weighted by Gasteiger charge is -2.39. The van der Waals surface area contributed by atoms with Crippen molar-refractivity contribution in [2.45, 2.75) is 51.7 Å². The molecule has 1 N–H and O–H groups in total. The molecule has 0 atom stereocenters. The molecule has 3 rings (SSSR count). The number of ether oxygens (including phenoxy) is 1. The minimum Gasteiger partial charge on any atom is -0.444 e. The van der Waals surface area contributed by atoms with Crippen molar-refractivity contribution in [2.75, 3.05) is 57.3 Å². The molecule has 2 heterocycles. The van der Waals surface area contributed by atoms with Crippen molar-refractivity contribution in [2.24, 2.45) is 0 Å². The Labute approximate surface area is 181 Å². The summed E-state index contributed by atoms with van der Waals surface area (Å²) in [5, 5.41) is 3.42. The van der Waals surface area contributed by atoms with E-state index in [9.17, 15) is 4.79 Å². The van der Waals surface area contributed by atoms with Gasteiger partial charge >= 0.3 is 6.09 Å². The molecule has 0 radical (unpaired) electrons. The molecule has 0 saturated carbocycles. The van der Waals surface area contributed by atoms with Crippen LogP contribution in [-0.4, -0.2) is 73.9 Å². The number of carbonyl (C=O) groups is 1. The summed E-state index contributed by atoms with van der Waals surface area (Å²) in [6.07, 6.45) is -0.215. The van der Waals surface area contributed by atoms with Crippen LogP contribution in [-0.2, 0) is 11.3 Å². The lowest BCUT2D eigenvalue weighted by atomic mass is 10.00. The average molecular weight is 421 g/mol. The molecule has 29 heavy (non-hydrogen) atoms. The predicted octanol–water partition coefficient (Wildman–Crippen LogP) is 3.05. The van der Waals surface area contributed by atoms with Crippen molar-refractivity contribution in [3.63, 3.8) is 0 Å². The van der Waals surface area contributed by atoms with Gasteiger partial charge in [-0.15, -0.1) is 12.6 Å². The third kappa shape index (κ3) is 5.58. The van der Waals surface area contributed by atoms with Gasteiger partial charge in [0.1, 0.15) is 5.60 Å². The van der Waals surface area contributed by atoms with Crippen molar-refractivity contribution in [1.29, 1.82) is 0 Å². The predicted molar refractivity (Wildman–Crippen MR) is 121 cm³/mol. The van der Waals surface area contributed by atoms with E-state index in [0.29, 0.717) is 13.1 Å². The molecule has 1 aromatic carbocycles. The first-order valence-corrected chi connectivity index (χ1v) is 11.1. The monoisotopic (exact) mass is 420 g/mol. The molecule has 162 valence electrons. The van der Waals surface area contributed by atoms with Crippen LogP contribution in [0.2, 0.25) is 0 Å². The average Bonchev–Trinajstić information content (AvgIpc) is 2.66. The Morgan fingerprint density at radius 3 is 2.28 bits per heavy atom. The molecule has 0 spiro atoms. The van der Waals surface area contributed by atoms with Gasteiger partial charge in [0.25, 0.3) is 0 Å². The second-order valence-electron chi connectivity index (χ2n) is 9.13. The molecular formula is C22H36N4O2S. The number of anilines is 1. The van der Waals surface area contributed by atoms with Gasteiger partial charge in [-0.3, -0.25) is 4.90 Å². The van der Waals surface area contributed by atoms with Crippen LogP contribution in [0, 0.1) is 13.8 Å². The Morgan fingerprint density at radius 1 is 1.07 bits per heavy atom. The molecule has 7 heteroatoms. The minimum absolute atomic E-state index is 0.215. The van der Waals surface area contributed by atoms with E-state index in [1.54, 1.807) is 0 Å². The third-order valence-corrected chi connectivity index (χ3v) is 6.20. The number of amides is 1. The lowest BCUT2D eigenvalue weighted by molar-refractivity contribution is 0.0240. The van der Waals surface area contributed by atoms with Gasteiger partial charge in [0.15, 0.2) is 0 Å². The highest BCUT2D eigenvalue weighted by molar-refractivity contribution is 7.80. The molecule has 0 aromatic heterocycles. The second-order valence-corrected chi connectivity index (χ2v) is 9.62. The number of nitrogens with one attached hydrogen (secondary N) is 1. The van der Waals surface area contributed by atoms with Crippen LogP contribution in [0.25, 0.3) is 0 Å². The first kappa shape index (κ1) is 22.2. The molecule has 1 aromatic rings. The first-order chi connectivity index (χ1) is 13.7. The van der Waals surface area contributed by atoms with E-state index in [4.69, 9.17) is 17.4 Å². The van der Waals surface area contributed by atoms with Crippen LogP contribution < -0.4 is 10.2 Å². The molecule has 1 amide bonds. The maximum Gasteiger partial charge on any atom is 0.410 e. The van der Waals surface area contributed by atoms with Gasteiger partial charge in [0.2, 0.25) is 0 Å². The third-order valence-electron chi connectivity index (χ3n) is 5.74. The number of hydrogen-bond acceptors (Lipinski definition) is 6. The maximum absolute atomic E-state index is 12.4. The number of carbonyl (C=O) groups excluding carboxylic acids is 1. The molecule has 0 unspecified atom stereocenters. The highest BCUT2D eigenvalue weighted by atomic mass is 32.1. The lowest BCUT2D eigenvalue weighted by Crippen LogP contribution is -2.50. The zero-order valence-electron chi connectivity index (χ0n) is 18.5. The summed E-state index contributed by atoms with van der Waals surface area (Å²) in [7, 11) is 0. The molecule has 2 aliphatic heterocycles. The standard InChI is InChI=1S/C22H36N4O2S/c1-16-18(15-24-8-6-23-7-9-24)14-19(29)17(2)20(16)25-10-12-26(13-11-25)21(27)28-22(3,4)5/h14,23,29H,6-13,15H2,1-5H3. The molecule has 2 saturated heterocycles. The molecular weight excluding hydrogens is 384 g/mol. The van der Waals surface area contributed by atoms with Gasteiger partial charge in [-0.25, -0.2) is 4.79 Å². The molecule has 0 aliphatic carbocycles. The second kappa shape index (κ2) is 9.14. The van der Waals surface area contributed by atoms with Crippen LogP contribution >= 0.6 is 12.6 Å². The van der Waals surface area contributed by atoms with E-state index >= 15 is 0 Å². The van der Waals surface area contributed by atoms with E-state index < -0.39 is 5.60 Å². The van der Waals surface area contributed by atoms with Gasteiger partial charge in [-0.1, -0.05) is 0 Å². The number of nitrogens with zero attached hydrogens (tertiary/aromatic N) is 3. The Hall–Kier alpha value is -1.44. The van der Waals surface area contributed by atoms with Gasteiger partial charge in [0, 0.05) is 69.5 Å². The highest BCUT2D eigenvalue weighted by Gasteiger charge is 2.28. The fourth-order valence-corrected chi connectivity index (χ4v) is 4.39. The Kier molecular flexibility index (Phi) is 7.02. The highest BCUT2D eigenvalue weighted by Crippen LogP contribution is 2.34. The van der Waals surface area contributed by atoms with Crippen molar-refractivity contribution >= 4 is 24.4 Å². The summed E-state index contributed by atoms with van der Waals surface area (Å²) in [6, 6.07) is 2.23. The normalized spacial score (nSPS) is 18.8. The molecule has 6 nitrogen and oxygen atoms in total. The van der Waals surface area contributed by atoms with E-state index in [1.807, 2.05) is 25.7 Å². The van der Waals surface area contributed by atoms with Crippen molar-refractivity contribution < 1.29 is 9.53 Å². The van der Waals surface area contributed by atoms with Gasteiger partial charge < -0.3 is 19.9 Å². The largest absolute Gasteiger partial charge is 0.444 e. The number of benzene rings is 1. The van der Waals surface area contributed by atoms with Gasteiger partial charge in [-0.05, 0) is 57.4 Å². The number of rotatable bonds is 3. The molecule has 2 aliphatic rings. The Morgan fingerprint density at radius 2 is 1.69 bits per heavy atom. The Bertz CT molecular complexity index is 733. The fraction of sp³-hybridized carbons (Fsp3) is 0.682. The van der Waals surface area contributed by atoms with Crippen LogP contribution in [0.3, 0.4) is 0 Å². The topological polar surface area (TPSA) is 48.0 Å². The first-order valence-electron chi connectivity index (χ1n) is 10.6. The summed E-state index contributed by atoms with van der Waals surface area (Å²) in [4.78, 5) is 20.2. The van der Waals surface area contributed by atoms with Crippen LogP contribution in [0.4, 0.5) is 10.5 Å².